The first kappa shape index (κ1) is 21.7. The van der Waals surface area contributed by atoms with E-state index < -0.39 is 0 Å². The Hall–Kier alpha value is -1.57. The number of nitrogens with zero attached hydrogens (tertiary/aromatic N) is 2. The molecule has 2 aliphatic rings. The molecular weight excluding hydrogens is 528 g/mol. The SMILES string of the molecule is C[C@H]1CCCC[C@@H]1N1C(=O)/C(=C/c2cc(Br)cc(Br)c2O)SC1=Nc1ccccc1. The van der Waals surface area contributed by atoms with Gasteiger partial charge in [-0.1, -0.05) is 53.9 Å². The van der Waals surface area contributed by atoms with Crippen LogP contribution in [0.3, 0.4) is 0 Å². The van der Waals surface area contributed by atoms with Gasteiger partial charge in [-0.3, -0.25) is 9.69 Å². The molecule has 2 aromatic carbocycles. The van der Waals surface area contributed by atoms with E-state index in [4.69, 9.17) is 4.99 Å². The van der Waals surface area contributed by atoms with Gasteiger partial charge in [0.05, 0.1) is 15.1 Å². The lowest BCUT2D eigenvalue weighted by Gasteiger charge is -2.35. The summed E-state index contributed by atoms with van der Waals surface area (Å²) in [5, 5.41) is 11.2. The molecule has 0 aromatic heterocycles. The van der Waals surface area contributed by atoms with Crippen LogP contribution in [-0.2, 0) is 4.79 Å². The summed E-state index contributed by atoms with van der Waals surface area (Å²) >= 11 is 8.20. The van der Waals surface area contributed by atoms with Crippen LogP contribution in [0.15, 0.2) is 61.3 Å². The smallest absolute Gasteiger partial charge is 0.267 e. The van der Waals surface area contributed by atoms with E-state index >= 15 is 0 Å². The second-order valence-electron chi connectivity index (χ2n) is 7.67. The number of rotatable bonds is 3. The van der Waals surface area contributed by atoms with E-state index in [0.29, 0.717) is 26.0 Å². The van der Waals surface area contributed by atoms with Crippen LogP contribution in [0.1, 0.15) is 38.2 Å². The topological polar surface area (TPSA) is 52.9 Å². The van der Waals surface area contributed by atoms with Crippen LogP contribution in [0.2, 0.25) is 0 Å². The van der Waals surface area contributed by atoms with Crippen LogP contribution < -0.4 is 0 Å². The molecule has 0 radical (unpaired) electrons. The number of para-hydroxylation sites is 1. The zero-order valence-electron chi connectivity index (χ0n) is 16.5. The Kier molecular flexibility index (Phi) is 6.70. The fraction of sp³-hybridized carbons (Fsp3) is 0.304. The summed E-state index contributed by atoms with van der Waals surface area (Å²) in [7, 11) is 0. The molecule has 7 heteroatoms. The van der Waals surface area contributed by atoms with E-state index in [0.717, 1.165) is 29.4 Å². The van der Waals surface area contributed by atoms with Crippen LogP contribution in [0.4, 0.5) is 5.69 Å². The van der Waals surface area contributed by atoms with Crippen LogP contribution in [0.5, 0.6) is 5.75 Å². The average molecular weight is 550 g/mol. The first-order valence-electron chi connectivity index (χ1n) is 9.99. The number of amides is 1. The monoisotopic (exact) mass is 548 g/mol. The molecule has 2 atom stereocenters. The molecule has 0 spiro atoms. The molecule has 0 bridgehead atoms. The summed E-state index contributed by atoms with van der Waals surface area (Å²) in [6.45, 7) is 2.22. The molecular formula is C23H22Br2N2O2S. The molecule has 1 amide bonds. The third kappa shape index (κ3) is 4.53. The molecule has 0 unspecified atom stereocenters. The van der Waals surface area contributed by atoms with Gasteiger partial charge in [-0.2, -0.15) is 0 Å². The third-order valence-electron chi connectivity index (χ3n) is 5.56. The van der Waals surface area contributed by atoms with Crippen molar-refractivity contribution in [2.24, 2.45) is 10.9 Å². The van der Waals surface area contributed by atoms with Gasteiger partial charge in [0.25, 0.3) is 5.91 Å². The Bertz CT molecular complexity index is 1020. The largest absolute Gasteiger partial charge is 0.506 e. The van der Waals surface area contributed by atoms with Crippen LogP contribution >= 0.6 is 43.6 Å². The number of hydrogen-bond donors (Lipinski definition) is 1. The lowest BCUT2D eigenvalue weighted by atomic mass is 9.85. The lowest BCUT2D eigenvalue weighted by Crippen LogP contribution is -2.44. The van der Waals surface area contributed by atoms with E-state index in [1.165, 1.54) is 18.2 Å². The molecule has 2 fully saturated rings. The van der Waals surface area contributed by atoms with E-state index in [1.54, 1.807) is 18.2 Å². The van der Waals surface area contributed by atoms with Gasteiger partial charge in [-0.05, 0) is 76.8 Å². The van der Waals surface area contributed by atoms with Crippen molar-refractivity contribution in [1.82, 2.24) is 4.90 Å². The van der Waals surface area contributed by atoms with Gasteiger partial charge in [0.2, 0.25) is 0 Å². The number of halogens is 2. The van der Waals surface area contributed by atoms with Gasteiger partial charge in [0, 0.05) is 16.1 Å². The minimum Gasteiger partial charge on any atom is -0.506 e. The van der Waals surface area contributed by atoms with E-state index in [2.05, 4.69) is 38.8 Å². The number of carbonyl (C=O) groups excluding carboxylic acids is 1. The van der Waals surface area contributed by atoms with Crippen LogP contribution in [0.25, 0.3) is 6.08 Å². The van der Waals surface area contributed by atoms with Crippen molar-refractivity contribution < 1.29 is 9.90 Å². The molecule has 1 aliphatic carbocycles. The summed E-state index contributed by atoms with van der Waals surface area (Å²) in [5.41, 5.74) is 1.42. The summed E-state index contributed by atoms with van der Waals surface area (Å²) in [4.78, 5) is 20.8. The number of thioether (sulfide) groups is 1. The van der Waals surface area contributed by atoms with E-state index in [-0.39, 0.29) is 17.7 Å². The summed E-state index contributed by atoms with van der Waals surface area (Å²) in [5.74, 6) is 0.506. The molecule has 1 aliphatic heterocycles. The van der Waals surface area contributed by atoms with Crippen molar-refractivity contribution in [3.05, 3.63) is 61.9 Å². The fourth-order valence-electron chi connectivity index (χ4n) is 3.99. The van der Waals surface area contributed by atoms with Gasteiger partial charge >= 0.3 is 0 Å². The van der Waals surface area contributed by atoms with E-state index in [1.807, 2.05) is 35.2 Å². The number of carbonyl (C=O) groups is 1. The second-order valence-corrected chi connectivity index (χ2v) is 10.4. The number of aromatic hydroxyl groups is 1. The number of amidine groups is 1. The fourth-order valence-corrected chi connectivity index (χ4v) is 6.28. The molecule has 1 heterocycles. The standard InChI is InChI=1S/C23H22Br2N2O2S/c1-14-7-5-6-10-19(14)27-22(29)20(12-15-11-16(24)13-18(25)21(15)28)30-23(27)26-17-8-3-2-4-9-17/h2-4,8-9,11-14,19,28H,5-7,10H2,1H3/b20-12-,26-23?/t14-,19-/m0/s1. The van der Waals surface area contributed by atoms with Crippen molar-refractivity contribution in [2.75, 3.05) is 0 Å². The Labute approximate surface area is 197 Å². The average Bonchev–Trinajstić information content (AvgIpc) is 3.02. The maximum absolute atomic E-state index is 13.5. The van der Waals surface area contributed by atoms with Gasteiger partial charge in [-0.15, -0.1) is 0 Å². The third-order valence-corrected chi connectivity index (χ3v) is 7.61. The maximum atomic E-state index is 13.5. The maximum Gasteiger partial charge on any atom is 0.267 e. The summed E-state index contributed by atoms with van der Waals surface area (Å²) in [6.07, 6.45) is 6.20. The quantitative estimate of drug-likeness (QED) is 0.415. The number of aliphatic imine (C=N–C) groups is 1. The molecule has 1 saturated heterocycles. The molecule has 1 saturated carbocycles. The highest BCUT2D eigenvalue weighted by Crippen LogP contribution is 2.41. The van der Waals surface area contributed by atoms with Crippen molar-refractivity contribution in [1.29, 1.82) is 0 Å². The minimum absolute atomic E-state index is 0.0380. The second kappa shape index (κ2) is 9.28. The Morgan fingerprint density at radius 3 is 2.63 bits per heavy atom. The van der Waals surface area contributed by atoms with Crippen molar-refractivity contribution >= 4 is 66.5 Å². The molecule has 4 rings (SSSR count). The lowest BCUT2D eigenvalue weighted by molar-refractivity contribution is -0.124. The van der Waals surface area contributed by atoms with Gasteiger partial charge < -0.3 is 5.11 Å². The Morgan fingerprint density at radius 2 is 1.90 bits per heavy atom. The molecule has 2 aromatic rings. The molecule has 30 heavy (non-hydrogen) atoms. The van der Waals surface area contributed by atoms with Crippen molar-refractivity contribution in [3.63, 3.8) is 0 Å². The molecule has 1 N–H and O–H groups in total. The zero-order chi connectivity index (χ0) is 21.3. The van der Waals surface area contributed by atoms with Crippen molar-refractivity contribution in [2.45, 2.75) is 38.6 Å². The van der Waals surface area contributed by atoms with Crippen molar-refractivity contribution in [3.8, 4) is 5.75 Å². The van der Waals surface area contributed by atoms with Gasteiger partial charge in [-0.25, -0.2) is 4.99 Å². The Morgan fingerprint density at radius 1 is 1.17 bits per heavy atom. The van der Waals surface area contributed by atoms with E-state index in [9.17, 15) is 9.90 Å². The van der Waals surface area contributed by atoms with Gasteiger partial charge in [0.15, 0.2) is 5.17 Å². The highest BCUT2D eigenvalue weighted by molar-refractivity contribution is 9.11. The number of phenolic OH excluding ortho intramolecular Hbond substituents is 1. The summed E-state index contributed by atoms with van der Waals surface area (Å²) in [6, 6.07) is 13.5. The van der Waals surface area contributed by atoms with Crippen LogP contribution in [0, 0.1) is 5.92 Å². The Balaban J connectivity index is 1.76. The first-order chi connectivity index (χ1) is 14.4. The first-order valence-corrected chi connectivity index (χ1v) is 12.4. The highest BCUT2D eigenvalue weighted by atomic mass is 79.9. The highest BCUT2D eigenvalue weighted by Gasteiger charge is 2.41. The molecule has 4 nitrogen and oxygen atoms in total. The predicted molar refractivity (Wildman–Crippen MR) is 131 cm³/mol. The zero-order valence-corrected chi connectivity index (χ0v) is 20.5. The summed E-state index contributed by atoms with van der Waals surface area (Å²) < 4.78 is 1.40. The van der Waals surface area contributed by atoms with Gasteiger partial charge in [0.1, 0.15) is 5.75 Å². The molecule has 156 valence electrons. The number of phenols is 1. The normalized spacial score (nSPS) is 24.8. The predicted octanol–water partition coefficient (Wildman–Crippen LogP) is 7.10. The number of hydrogen-bond acceptors (Lipinski definition) is 4. The van der Waals surface area contributed by atoms with Crippen LogP contribution in [-0.4, -0.2) is 27.1 Å². The minimum atomic E-state index is -0.0380. The number of benzene rings is 2.